The first kappa shape index (κ1) is 19.2. The van der Waals surface area contributed by atoms with Gasteiger partial charge in [0.1, 0.15) is 11.6 Å². The molecule has 0 spiro atoms. The van der Waals surface area contributed by atoms with Crippen LogP contribution in [-0.4, -0.2) is 43.2 Å². The first-order valence-corrected chi connectivity index (χ1v) is 9.59. The zero-order valence-electron chi connectivity index (χ0n) is 15.2. The lowest BCUT2D eigenvalue weighted by molar-refractivity contribution is -0.130. The van der Waals surface area contributed by atoms with E-state index in [1.165, 1.54) is 17.0 Å². The van der Waals surface area contributed by atoms with Crippen molar-refractivity contribution < 1.29 is 18.7 Å². The predicted molar refractivity (Wildman–Crippen MR) is 103 cm³/mol. The standard InChI is InChI=1S/C20H21FN2O3S/c1-23(2)19(24)12-26-15-5-3-4-13(10-15)20(25)22-17-8-9-27-18-7-6-14(21)11-16(17)18/h3-7,10-11,17H,8-9,12H2,1-2H3,(H,22,25)/t17-/m1/s1. The summed E-state index contributed by atoms with van der Waals surface area (Å²) >= 11 is 1.66. The molecule has 2 amide bonds. The highest BCUT2D eigenvalue weighted by Crippen LogP contribution is 2.36. The van der Waals surface area contributed by atoms with E-state index in [0.29, 0.717) is 11.3 Å². The van der Waals surface area contributed by atoms with Crippen LogP contribution in [-0.2, 0) is 4.79 Å². The van der Waals surface area contributed by atoms with Crippen LogP contribution in [0.3, 0.4) is 0 Å². The van der Waals surface area contributed by atoms with Crippen molar-refractivity contribution in [2.45, 2.75) is 17.4 Å². The van der Waals surface area contributed by atoms with E-state index in [1.807, 2.05) is 0 Å². The van der Waals surface area contributed by atoms with Gasteiger partial charge in [-0.3, -0.25) is 9.59 Å². The molecule has 1 aliphatic heterocycles. The maximum absolute atomic E-state index is 13.6. The smallest absolute Gasteiger partial charge is 0.259 e. The third kappa shape index (κ3) is 4.80. The number of ether oxygens (including phenoxy) is 1. The number of thioether (sulfide) groups is 1. The summed E-state index contributed by atoms with van der Waals surface area (Å²) < 4.78 is 19.1. The molecule has 3 rings (SSSR count). The minimum absolute atomic E-state index is 0.0927. The molecule has 0 fully saturated rings. The maximum atomic E-state index is 13.6. The quantitative estimate of drug-likeness (QED) is 0.854. The average Bonchev–Trinajstić information content (AvgIpc) is 2.66. The molecular weight excluding hydrogens is 367 g/mol. The Morgan fingerprint density at radius 2 is 2.07 bits per heavy atom. The number of hydrogen-bond donors (Lipinski definition) is 1. The Morgan fingerprint density at radius 1 is 1.26 bits per heavy atom. The Bertz CT molecular complexity index is 857. The number of carbonyl (C=O) groups excluding carboxylic acids is 2. The summed E-state index contributed by atoms with van der Waals surface area (Å²) in [6.45, 7) is -0.0927. The minimum atomic E-state index is -0.309. The maximum Gasteiger partial charge on any atom is 0.259 e. The molecule has 2 aromatic carbocycles. The molecular formula is C20H21FN2O3S. The van der Waals surface area contributed by atoms with Crippen molar-refractivity contribution in [1.29, 1.82) is 0 Å². The number of rotatable bonds is 5. The van der Waals surface area contributed by atoms with Crippen LogP contribution in [0, 0.1) is 5.82 Å². The van der Waals surface area contributed by atoms with E-state index in [4.69, 9.17) is 4.74 Å². The molecule has 0 unspecified atom stereocenters. The van der Waals surface area contributed by atoms with Crippen molar-refractivity contribution in [3.8, 4) is 5.75 Å². The topological polar surface area (TPSA) is 58.6 Å². The molecule has 0 aliphatic carbocycles. The van der Waals surface area contributed by atoms with E-state index in [2.05, 4.69) is 5.32 Å². The van der Waals surface area contributed by atoms with Crippen molar-refractivity contribution >= 4 is 23.6 Å². The second-order valence-corrected chi connectivity index (χ2v) is 7.59. The van der Waals surface area contributed by atoms with E-state index in [1.54, 1.807) is 56.2 Å². The van der Waals surface area contributed by atoms with Gasteiger partial charge in [-0.15, -0.1) is 11.8 Å². The molecule has 1 heterocycles. The first-order chi connectivity index (χ1) is 12.9. The van der Waals surface area contributed by atoms with E-state index in [9.17, 15) is 14.0 Å². The van der Waals surface area contributed by atoms with E-state index < -0.39 is 0 Å². The zero-order chi connectivity index (χ0) is 19.4. The summed E-state index contributed by atoms with van der Waals surface area (Å²) in [7, 11) is 3.30. The molecule has 7 heteroatoms. The van der Waals surface area contributed by atoms with Crippen LogP contribution in [0.25, 0.3) is 0 Å². The number of benzene rings is 2. The highest BCUT2D eigenvalue weighted by atomic mass is 32.2. The molecule has 0 radical (unpaired) electrons. The number of carbonyl (C=O) groups is 2. The second kappa shape index (κ2) is 8.43. The second-order valence-electron chi connectivity index (χ2n) is 6.45. The Hall–Kier alpha value is -2.54. The fraction of sp³-hybridized carbons (Fsp3) is 0.300. The molecule has 1 atom stereocenters. The summed E-state index contributed by atoms with van der Waals surface area (Å²) in [5.74, 6) is 0.578. The number of amides is 2. The van der Waals surface area contributed by atoms with E-state index in [-0.39, 0.29) is 30.3 Å². The molecule has 2 aromatic rings. The minimum Gasteiger partial charge on any atom is -0.484 e. The summed E-state index contributed by atoms with van der Waals surface area (Å²) in [6, 6.07) is 11.1. The van der Waals surface area contributed by atoms with Crippen LogP contribution in [0.4, 0.5) is 4.39 Å². The van der Waals surface area contributed by atoms with Crippen LogP contribution in [0.1, 0.15) is 28.4 Å². The van der Waals surface area contributed by atoms with Gasteiger partial charge >= 0.3 is 0 Å². The number of hydrogen-bond acceptors (Lipinski definition) is 4. The molecule has 0 saturated carbocycles. The number of nitrogens with one attached hydrogen (secondary N) is 1. The summed E-state index contributed by atoms with van der Waals surface area (Å²) in [6.07, 6.45) is 0.736. The van der Waals surface area contributed by atoms with Crippen molar-refractivity contribution in [3.05, 3.63) is 59.4 Å². The van der Waals surface area contributed by atoms with Crippen LogP contribution >= 0.6 is 11.8 Å². The Kier molecular flexibility index (Phi) is 6.01. The fourth-order valence-electron chi connectivity index (χ4n) is 2.76. The number of halogens is 1. The van der Waals surface area contributed by atoms with E-state index in [0.717, 1.165) is 22.6 Å². The molecule has 0 saturated heterocycles. The lowest BCUT2D eigenvalue weighted by Gasteiger charge is -2.26. The van der Waals surface area contributed by atoms with Gasteiger partial charge in [-0.25, -0.2) is 4.39 Å². The van der Waals surface area contributed by atoms with Crippen LogP contribution in [0.5, 0.6) is 5.75 Å². The number of likely N-dealkylation sites (N-methyl/N-ethyl adjacent to an activating group) is 1. The molecule has 0 aromatic heterocycles. The summed E-state index contributed by atoms with van der Waals surface area (Å²) in [5.41, 5.74) is 1.24. The van der Waals surface area contributed by atoms with Gasteiger partial charge in [0.05, 0.1) is 6.04 Å². The van der Waals surface area contributed by atoms with Gasteiger partial charge in [0.25, 0.3) is 11.8 Å². The van der Waals surface area contributed by atoms with Gasteiger partial charge in [0.15, 0.2) is 6.61 Å². The molecule has 1 aliphatic rings. The molecule has 0 bridgehead atoms. The SMILES string of the molecule is CN(C)C(=O)COc1cccc(C(=O)N[C@@H]2CCSc3ccc(F)cc32)c1. The van der Waals surface area contributed by atoms with Crippen molar-refractivity contribution in [1.82, 2.24) is 10.2 Å². The summed E-state index contributed by atoms with van der Waals surface area (Å²) in [5, 5.41) is 2.98. The normalized spacial score (nSPS) is 15.6. The number of fused-ring (bicyclic) bond motifs is 1. The summed E-state index contributed by atoms with van der Waals surface area (Å²) in [4.78, 5) is 26.7. The highest BCUT2D eigenvalue weighted by Gasteiger charge is 2.23. The van der Waals surface area contributed by atoms with Crippen molar-refractivity contribution in [3.63, 3.8) is 0 Å². The monoisotopic (exact) mass is 388 g/mol. The van der Waals surface area contributed by atoms with Crippen LogP contribution in [0.2, 0.25) is 0 Å². The third-order valence-electron chi connectivity index (χ3n) is 4.27. The van der Waals surface area contributed by atoms with Gasteiger partial charge in [-0.2, -0.15) is 0 Å². The lowest BCUT2D eigenvalue weighted by atomic mass is 10.0. The van der Waals surface area contributed by atoms with Crippen molar-refractivity contribution in [2.24, 2.45) is 0 Å². The highest BCUT2D eigenvalue weighted by molar-refractivity contribution is 7.99. The molecule has 5 nitrogen and oxygen atoms in total. The Morgan fingerprint density at radius 3 is 2.85 bits per heavy atom. The lowest BCUT2D eigenvalue weighted by Crippen LogP contribution is -2.31. The molecule has 27 heavy (non-hydrogen) atoms. The first-order valence-electron chi connectivity index (χ1n) is 8.60. The Balaban J connectivity index is 1.70. The van der Waals surface area contributed by atoms with Crippen molar-refractivity contribution in [2.75, 3.05) is 26.5 Å². The average molecular weight is 388 g/mol. The third-order valence-corrected chi connectivity index (χ3v) is 5.40. The predicted octanol–water partition coefficient (Wildman–Crippen LogP) is 3.26. The van der Waals surface area contributed by atoms with Gasteiger partial charge in [-0.1, -0.05) is 6.07 Å². The van der Waals surface area contributed by atoms with Gasteiger partial charge in [-0.05, 0) is 48.4 Å². The van der Waals surface area contributed by atoms with Gasteiger partial charge < -0.3 is 15.0 Å². The van der Waals surface area contributed by atoms with Crippen LogP contribution < -0.4 is 10.1 Å². The molecule has 1 N–H and O–H groups in total. The van der Waals surface area contributed by atoms with Gasteiger partial charge in [0, 0.05) is 30.3 Å². The Labute approximate surface area is 161 Å². The molecule has 142 valence electrons. The zero-order valence-corrected chi connectivity index (χ0v) is 16.0. The van der Waals surface area contributed by atoms with E-state index >= 15 is 0 Å². The fourth-order valence-corrected chi connectivity index (χ4v) is 3.86. The largest absolute Gasteiger partial charge is 0.484 e. The van der Waals surface area contributed by atoms with Crippen LogP contribution in [0.15, 0.2) is 47.4 Å². The number of nitrogens with zero attached hydrogens (tertiary/aromatic N) is 1. The van der Waals surface area contributed by atoms with Gasteiger partial charge in [0.2, 0.25) is 0 Å².